The highest BCUT2D eigenvalue weighted by molar-refractivity contribution is 5.94. The number of piperidine rings is 1. The van der Waals surface area contributed by atoms with Crippen molar-refractivity contribution >= 4 is 28.5 Å². The summed E-state index contributed by atoms with van der Waals surface area (Å²) in [6.07, 6.45) is 9.79. The Bertz CT molecular complexity index is 1190. The molecule has 2 aromatic carbocycles. The number of pyridine rings is 1. The lowest BCUT2D eigenvalue weighted by Gasteiger charge is -2.42. The molecule has 0 spiro atoms. The highest BCUT2D eigenvalue weighted by Gasteiger charge is 2.46. The van der Waals surface area contributed by atoms with E-state index >= 15 is 0 Å². The van der Waals surface area contributed by atoms with E-state index in [1.54, 1.807) is 6.20 Å². The summed E-state index contributed by atoms with van der Waals surface area (Å²) in [5, 5.41) is 1.04. The molecule has 6 nitrogen and oxygen atoms in total. The molecule has 0 unspecified atom stereocenters. The maximum absolute atomic E-state index is 12.6. The van der Waals surface area contributed by atoms with E-state index in [1.165, 1.54) is 45.6 Å². The first-order valence-electron chi connectivity index (χ1n) is 13.0. The molecule has 1 aliphatic heterocycles. The number of carbonyl (C=O) groups excluding carboxylic acids is 2. The maximum atomic E-state index is 12.6. The zero-order valence-electron chi connectivity index (χ0n) is 21.4. The summed E-state index contributed by atoms with van der Waals surface area (Å²) in [6.45, 7) is 4.12. The van der Waals surface area contributed by atoms with Gasteiger partial charge < -0.3 is 15.4 Å². The van der Waals surface area contributed by atoms with Crippen molar-refractivity contribution in [2.45, 2.75) is 51.9 Å². The van der Waals surface area contributed by atoms with Crippen LogP contribution in [-0.4, -0.2) is 42.0 Å². The average Bonchev–Trinajstić information content (AvgIpc) is 3.76. The van der Waals surface area contributed by atoms with Gasteiger partial charge in [-0.1, -0.05) is 37.6 Å². The van der Waals surface area contributed by atoms with Crippen molar-refractivity contribution in [3.8, 4) is 0 Å². The first kappa shape index (κ1) is 25.7. The quantitative estimate of drug-likeness (QED) is 0.330. The Kier molecular flexibility index (Phi) is 8.24. The lowest BCUT2D eigenvalue weighted by atomic mass is 9.71. The second kappa shape index (κ2) is 11.5. The SMILES string of the molecule is CCCC1(C2CC2)CCN(C(=O)c2ccc(N)cc2)CC1.COC(=O)Cc1cccc2cccnc12.[HH].[HH]. The monoisotopic (exact) mass is 491 g/mol. The molecule has 2 heterocycles. The summed E-state index contributed by atoms with van der Waals surface area (Å²) in [5.41, 5.74) is 9.46. The third-order valence-electron chi connectivity index (χ3n) is 7.67. The van der Waals surface area contributed by atoms with Gasteiger partial charge in [0.1, 0.15) is 0 Å². The molecule has 1 saturated carbocycles. The number of para-hydroxylation sites is 1. The van der Waals surface area contributed by atoms with Gasteiger partial charge in [0.05, 0.1) is 19.0 Å². The van der Waals surface area contributed by atoms with Crippen LogP contribution in [0.1, 0.15) is 64.2 Å². The van der Waals surface area contributed by atoms with Crippen molar-refractivity contribution in [2.75, 3.05) is 25.9 Å². The molecule has 0 radical (unpaired) electrons. The van der Waals surface area contributed by atoms with Crippen molar-refractivity contribution in [3.05, 3.63) is 71.9 Å². The van der Waals surface area contributed by atoms with E-state index in [0.29, 0.717) is 11.1 Å². The van der Waals surface area contributed by atoms with Gasteiger partial charge in [0.2, 0.25) is 0 Å². The van der Waals surface area contributed by atoms with Gasteiger partial charge in [-0.3, -0.25) is 14.6 Å². The minimum Gasteiger partial charge on any atom is -0.469 e. The van der Waals surface area contributed by atoms with Crippen LogP contribution in [0.5, 0.6) is 0 Å². The van der Waals surface area contributed by atoms with Crippen LogP contribution >= 0.6 is 0 Å². The van der Waals surface area contributed by atoms with E-state index in [4.69, 9.17) is 5.73 Å². The minimum absolute atomic E-state index is 0. The Labute approximate surface area is 216 Å². The third-order valence-corrected chi connectivity index (χ3v) is 7.67. The van der Waals surface area contributed by atoms with Gasteiger partial charge in [-0.15, -0.1) is 0 Å². The van der Waals surface area contributed by atoms with Gasteiger partial charge in [0.25, 0.3) is 5.91 Å². The number of esters is 1. The lowest BCUT2D eigenvalue weighted by molar-refractivity contribution is -0.139. The molecule has 2 fully saturated rings. The van der Waals surface area contributed by atoms with Crippen molar-refractivity contribution < 1.29 is 17.2 Å². The number of methoxy groups -OCH3 is 1. The summed E-state index contributed by atoms with van der Waals surface area (Å²) >= 11 is 0. The van der Waals surface area contributed by atoms with Crippen molar-refractivity contribution in [1.82, 2.24) is 9.88 Å². The largest absolute Gasteiger partial charge is 0.469 e. The molecule has 2 aliphatic rings. The zero-order chi connectivity index (χ0) is 25.5. The molecule has 0 atom stereocenters. The molecule has 1 amide bonds. The Hall–Kier alpha value is -3.41. The van der Waals surface area contributed by atoms with E-state index < -0.39 is 0 Å². The number of hydrogen-bond acceptors (Lipinski definition) is 5. The van der Waals surface area contributed by atoms with Crippen molar-refractivity contribution in [2.24, 2.45) is 11.3 Å². The predicted octanol–water partition coefficient (Wildman–Crippen LogP) is 6.14. The number of nitrogens with zero attached hydrogens (tertiary/aromatic N) is 2. The number of carbonyl (C=O) groups is 2. The molecule has 2 N–H and O–H groups in total. The fourth-order valence-corrected chi connectivity index (χ4v) is 5.56. The number of hydrogen-bond donors (Lipinski definition) is 1. The lowest BCUT2D eigenvalue weighted by Crippen LogP contribution is -2.44. The van der Waals surface area contributed by atoms with Gasteiger partial charge in [-0.2, -0.15) is 0 Å². The van der Waals surface area contributed by atoms with E-state index in [0.717, 1.165) is 41.0 Å². The average molecular weight is 492 g/mol. The molecule has 0 bridgehead atoms. The molecular formula is C30H41N3O3. The summed E-state index contributed by atoms with van der Waals surface area (Å²) in [6, 6.07) is 16.9. The van der Waals surface area contributed by atoms with E-state index in [2.05, 4.69) is 16.6 Å². The molecule has 5 rings (SSSR count). The second-order valence-electron chi connectivity index (χ2n) is 10.0. The molecule has 1 saturated heterocycles. The summed E-state index contributed by atoms with van der Waals surface area (Å²) < 4.78 is 4.64. The standard InChI is InChI=1S/C18H26N2O.C12H11NO2.2H2/c1-2-9-18(15-5-6-15)10-12-20(13-11-18)17(21)14-3-7-16(19)8-4-14;1-15-11(14)8-10-5-2-4-9-6-3-7-13-12(9)10;;/h3-4,7-8,15H,2,5-6,9-13,19H2,1H3;2-7H,8H2,1H3;2*1H. The predicted molar refractivity (Wildman–Crippen MR) is 148 cm³/mol. The van der Waals surface area contributed by atoms with Crippen LogP contribution in [0.15, 0.2) is 60.8 Å². The van der Waals surface area contributed by atoms with E-state index in [1.807, 2.05) is 59.5 Å². The van der Waals surface area contributed by atoms with Crippen LogP contribution in [-0.2, 0) is 16.0 Å². The number of likely N-dealkylation sites (tertiary alicyclic amines) is 1. The first-order valence-corrected chi connectivity index (χ1v) is 13.0. The Morgan fingerprint density at radius 2 is 1.78 bits per heavy atom. The molecule has 1 aliphatic carbocycles. The first-order chi connectivity index (χ1) is 17.5. The topological polar surface area (TPSA) is 85.5 Å². The zero-order valence-corrected chi connectivity index (χ0v) is 21.4. The molecule has 36 heavy (non-hydrogen) atoms. The van der Waals surface area contributed by atoms with Crippen LogP contribution in [0.4, 0.5) is 5.69 Å². The van der Waals surface area contributed by atoms with Crippen LogP contribution in [0, 0.1) is 11.3 Å². The minimum atomic E-state index is -0.242. The number of rotatable bonds is 6. The van der Waals surface area contributed by atoms with Crippen LogP contribution in [0.25, 0.3) is 10.9 Å². The van der Waals surface area contributed by atoms with E-state index in [9.17, 15) is 9.59 Å². The highest BCUT2D eigenvalue weighted by Crippen LogP contribution is 2.54. The van der Waals surface area contributed by atoms with Crippen molar-refractivity contribution in [1.29, 1.82) is 0 Å². The van der Waals surface area contributed by atoms with Gasteiger partial charge in [0.15, 0.2) is 0 Å². The number of fused-ring (bicyclic) bond motifs is 1. The van der Waals surface area contributed by atoms with Crippen LogP contribution < -0.4 is 5.73 Å². The van der Waals surface area contributed by atoms with Gasteiger partial charge in [0, 0.05) is 38.8 Å². The number of ether oxygens (including phenoxy) is 1. The van der Waals surface area contributed by atoms with Crippen LogP contribution in [0.2, 0.25) is 0 Å². The van der Waals surface area contributed by atoms with E-state index in [-0.39, 0.29) is 21.2 Å². The number of nitrogen functional groups attached to an aromatic ring is 1. The molecular weight excluding hydrogens is 450 g/mol. The summed E-state index contributed by atoms with van der Waals surface area (Å²) in [4.78, 5) is 30.0. The number of nitrogens with two attached hydrogens (primary N) is 1. The molecule has 6 heteroatoms. The summed E-state index contributed by atoms with van der Waals surface area (Å²) in [5.74, 6) is 0.857. The van der Waals surface area contributed by atoms with Gasteiger partial charge in [-0.25, -0.2) is 0 Å². The second-order valence-corrected chi connectivity index (χ2v) is 10.0. The van der Waals surface area contributed by atoms with Crippen molar-refractivity contribution in [3.63, 3.8) is 0 Å². The van der Waals surface area contributed by atoms with Gasteiger partial charge in [-0.05, 0) is 79.3 Å². The molecule has 1 aromatic heterocycles. The highest BCUT2D eigenvalue weighted by atomic mass is 16.5. The van der Waals surface area contributed by atoms with Gasteiger partial charge >= 0.3 is 5.97 Å². The normalized spacial score (nSPS) is 16.7. The number of amides is 1. The molecule has 3 aromatic rings. The number of benzene rings is 2. The number of anilines is 1. The smallest absolute Gasteiger partial charge is 0.310 e. The fraction of sp³-hybridized carbons (Fsp3) is 0.433. The third kappa shape index (κ3) is 6.04. The fourth-order valence-electron chi connectivity index (χ4n) is 5.56. The van der Waals surface area contributed by atoms with Crippen LogP contribution in [0.3, 0.4) is 0 Å². The molecule has 194 valence electrons. The maximum Gasteiger partial charge on any atom is 0.310 e. The Morgan fingerprint density at radius 1 is 1.08 bits per heavy atom. The Morgan fingerprint density at radius 3 is 2.42 bits per heavy atom. The summed E-state index contributed by atoms with van der Waals surface area (Å²) in [7, 11) is 1.39. The Balaban J connectivity index is 0.000000266. The number of aromatic nitrogens is 1.